The minimum atomic E-state index is 0.823. The first-order valence-electron chi connectivity index (χ1n) is 8.23. The standard InChI is InChI=1S/C11H25N3.C3H8.C2H6/c1-4-11(9-12-2)10-14-7-5-13(3)6-8-14;1-3-2;1-2/h11-12H,4-10H2,1-3H3;3H2,1-2H3;1-2H3/t11-;;/m0../s1. The van der Waals surface area contributed by atoms with Crippen LogP contribution < -0.4 is 5.32 Å². The van der Waals surface area contributed by atoms with Crippen LogP contribution in [0.15, 0.2) is 0 Å². The molecule has 0 spiro atoms. The van der Waals surface area contributed by atoms with Crippen LogP contribution in [0.3, 0.4) is 0 Å². The molecule has 3 heteroatoms. The Morgan fingerprint density at radius 2 is 1.47 bits per heavy atom. The lowest BCUT2D eigenvalue weighted by atomic mass is 10.1. The topological polar surface area (TPSA) is 18.5 Å². The Balaban J connectivity index is 0. The van der Waals surface area contributed by atoms with Crippen LogP contribution in [0.4, 0.5) is 0 Å². The van der Waals surface area contributed by atoms with E-state index >= 15 is 0 Å². The lowest BCUT2D eigenvalue weighted by molar-refractivity contribution is 0.134. The molecule has 1 saturated heterocycles. The van der Waals surface area contributed by atoms with Crippen molar-refractivity contribution in [2.75, 3.05) is 53.4 Å². The van der Waals surface area contributed by atoms with Crippen LogP contribution in [0.25, 0.3) is 0 Å². The van der Waals surface area contributed by atoms with Crippen molar-refractivity contribution in [2.45, 2.75) is 47.5 Å². The number of nitrogens with zero attached hydrogens (tertiary/aromatic N) is 2. The second-order valence-electron chi connectivity index (χ2n) is 5.14. The van der Waals surface area contributed by atoms with Crippen molar-refractivity contribution in [1.82, 2.24) is 15.1 Å². The maximum atomic E-state index is 3.28. The van der Waals surface area contributed by atoms with Gasteiger partial charge in [0.05, 0.1) is 0 Å². The van der Waals surface area contributed by atoms with Crippen molar-refractivity contribution < 1.29 is 0 Å². The normalized spacial score (nSPS) is 17.8. The van der Waals surface area contributed by atoms with Crippen molar-refractivity contribution in [2.24, 2.45) is 5.92 Å². The van der Waals surface area contributed by atoms with Gasteiger partial charge in [0.25, 0.3) is 0 Å². The maximum absolute atomic E-state index is 3.28. The van der Waals surface area contributed by atoms with E-state index in [1.54, 1.807) is 0 Å². The summed E-state index contributed by atoms with van der Waals surface area (Å²) in [6.07, 6.45) is 2.53. The minimum absolute atomic E-state index is 0.823. The fourth-order valence-corrected chi connectivity index (χ4v) is 2.02. The molecular formula is C16H39N3. The highest BCUT2D eigenvalue weighted by Gasteiger charge is 2.16. The largest absolute Gasteiger partial charge is 0.319 e. The zero-order chi connectivity index (χ0) is 15.1. The smallest absolute Gasteiger partial charge is 0.0110 e. The first-order chi connectivity index (χ1) is 9.17. The highest BCUT2D eigenvalue weighted by Crippen LogP contribution is 2.07. The Hall–Kier alpha value is -0.120. The van der Waals surface area contributed by atoms with Gasteiger partial charge in [0.15, 0.2) is 0 Å². The van der Waals surface area contributed by atoms with Crippen LogP contribution in [-0.4, -0.2) is 63.2 Å². The highest BCUT2D eigenvalue weighted by molar-refractivity contribution is 4.72. The predicted molar refractivity (Wildman–Crippen MR) is 89.0 cm³/mol. The molecule has 118 valence electrons. The number of hydrogen-bond acceptors (Lipinski definition) is 3. The molecule has 1 rings (SSSR count). The van der Waals surface area contributed by atoms with E-state index in [1.807, 2.05) is 20.9 Å². The third-order valence-electron chi connectivity index (χ3n) is 3.18. The molecule has 1 N–H and O–H groups in total. The van der Waals surface area contributed by atoms with E-state index in [0.29, 0.717) is 0 Å². The van der Waals surface area contributed by atoms with Gasteiger partial charge < -0.3 is 15.1 Å². The monoisotopic (exact) mass is 273 g/mol. The molecule has 0 unspecified atom stereocenters. The van der Waals surface area contributed by atoms with Gasteiger partial charge in [-0.05, 0) is 26.6 Å². The molecule has 0 aromatic carbocycles. The fraction of sp³-hybridized carbons (Fsp3) is 1.00. The quantitative estimate of drug-likeness (QED) is 0.831. The third kappa shape index (κ3) is 12.6. The molecule has 0 aliphatic carbocycles. The van der Waals surface area contributed by atoms with E-state index < -0.39 is 0 Å². The predicted octanol–water partition coefficient (Wildman–Crippen LogP) is 2.92. The molecule has 3 nitrogen and oxygen atoms in total. The average molecular weight is 274 g/mol. The van der Waals surface area contributed by atoms with E-state index in [4.69, 9.17) is 0 Å². The summed E-state index contributed by atoms with van der Waals surface area (Å²) < 4.78 is 0. The molecule has 19 heavy (non-hydrogen) atoms. The summed E-state index contributed by atoms with van der Waals surface area (Å²) in [6.45, 7) is 17.9. The molecule has 0 radical (unpaired) electrons. The lowest BCUT2D eigenvalue weighted by Gasteiger charge is -2.34. The van der Waals surface area contributed by atoms with Crippen LogP contribution >= 0.6 is 0 Å². The van der Waals surface area contributed by atoms with Gasteiger partial charge in [0.1, 0.15) is 0 Å². The van der Waals surface area contributed by atoms with E-state index in [1.165, 1.54) is 45.6 Å². The van der Waals surface area contributed by atoms with E-state index in [2.05, 4.69) is 42.9 Å². The number of piperazine rings is 1. The summed E-state index contributed by atoms with van der Waals surface area (Å²) >= 11 is 0. The molecule has 1 aliphatic heterocycles. The second kappa shape index (κ2) is 15.9. The molecule has 1 aliphatic rings. The number of nitrogens with one attached hydrogen (secondary N) is 1. The average Bonchev–Trinajstić information content (AvgIpc) is 2.44. The molecule has 0 bridgehead atoms. The Morgan fingerprint density at radius 3 is 1.84 bits per heavy atom. The summed E-state index contributed by atoms with van der Waals surface area (Å²) in [5.74, 6) is 0.823. The van der Waals surface area contributed by atoms with Gasteiger partial charge in [0, 0.05) is 32.7 Å². The van der Waals surface area contributed by atoms with Gasteiger partial charge in [0.2, 0.25) is 0 Å². The van der Waals surface area contributed by atoms with Gasteiger partial charge in [-0.15, -0.1) is 0 Å². The molecule has 0 amide bonds. The molecule has 1 heterocycles. The first-order valence-corrected chi connectivity index (χ1v) is 8.23. The summed E-state index contributed by atoms with van der Waals surface area (Å²) in [5.41, 5.74) is 0. The Kier molecular flexibility index (Phi) is 17.8. The van der Waals surface area contributed by atoms with Gasteiger partial charge in [-0.25, -0.2) is 0 Å². The van der Waals surface area contributed by atoms with Crippen molar-refractivity contribution >= 4 is 0 Å². The van der Waals surface area contributed by atoms with Gasteiger partial charge in [-0.3, -0.25) is 0 Å². The molecule has 0 saturated carbocycles. The Morgan fingerprint density at radius 1 is 1.00 bits per heavy atom. The van der Waals surface area contributed by atoms with E-state index in [0.717, 1.165) is 12.5 Å². The number of likely N-dealkylation sites (N-methyl/N-ethyl adjacent to an activating group) is 1. The van der Waals surface area contributed by atoms with Gasteiger partial charge in [-0.2, -0.15) is 0 Å². The molecule has 0 aromatic rings. The van der Waals surface area contributed by atoms with Crippen LogP contribution in [0.1, 0.15) is 47.5 Å². The Labute approximate surface area is 122 Å². The molecule has 0 aromatic heterocycles. The second-order valence-corrected chi connectivity index (χ2v) is 5.14. The molecular weight excluding hydrogens is 234 g/mol. The highest BCUT2D eigenvalue weighted by atomic mass is 15.2. The summed E-state index contributed by atoms with van der Waals surface area (Å²) in [5, 5.41) is 3.28. The lowest BCUT2D eigenvalue weighted by Crippen LogP contribution is -2.46. The van der Waals surface area contributed by atoms with Crippen LogP contribution in [-0.2, 0) is 0 Å². The van der Waals surface area contributed by atoms with E-state index in [-0.39, 0.29) is 0 Å². The fourth-order valence-electron chi connectivity index (χ4n) is 2.02. The van der Waals surface area contributed by atoms with Gasteiger partial charge >= 0.3 is 0 Å². The number of hydrogen-bond donors (Lipinski definition) is 1. The zero-order valence-corrected chi connectivity index (χ0v) is 14.6. The third-order valence-corrected chi connectivity index (χ3v) is 3.18. The van der Waals surface area contributed by atoms with Crippen LogP contribution in [0, 0.1) is 5.92 Å². The van der Waals surface area contributed by atoms with Crippen molar-refractivity contribution in [3.05, 3.63) is 0 Å². The van der Waals surface area contributed by atoms with Crippen molar-refractivity contribution in [3.63, 3.8) is 0 Å². The maximum Gasteiger partial charge on any atom is 0.0110 e. The Bertz CT molecular complexity index is 154. The van der Waals surface area contributed by atoms with Gasteiger partial charge in [-0.1, -0.05) is 47.5 Å². The zero-order valence-electron chi connectivity index (χ0n) is 14.6. The van der Waals surface area contributed by atoms with Crippen molar-refractivity contribution in [1.29, 1.82) is 0 Å². The van der Waals surface area contributed by atoms with Crippen LogP contribution in [0.5, 0.6) is 0 Å². The molecule has 1 atom stereocenters. The molecule has 1 fully saturated rings. The number of rotatable bonds is 5. The summed E-state index contributed by atoms with van der Waals surface area (Å²) in [4.78, 5) is 5.01. The van der Waals surface area contributed by atoms with Crippen molar-refractivity contribution in [3.8, 4) is 0 Å². The minimum Gasteiger partial charge on any atom is -0.319 e. The summed E-state index contributed by atoms with van der Waals surface area (Å²) in [6, 6.07) is 0. The van der Waals surface area contributed by atoms with Crippen LogP contribution in [0.2, 0.25) is 0 Å². The SMILES string of the molecule is CC.CCC.CC[C@@H](CNC)CN1CCN(C)CC1. The van der Waals surface area contributed by atoms with E-state index in [9.17, 15) is 0 Å². The summed E-state index contributed by atoms with van der Waals surface area (Å²) in [7, 11) is 4.26. The first kappa shape index (κ1) is 21.2.